The fourth-order valence-electron chi connectivity index (χ4n) is 5.96. The molecule has 2 aliphatic rings. The van der Waals surface area contributed by atoms with Crippen molar-refractivity contribution in [2.24, 2.45) is 5.73 Å². The van der Waals surface area contributed by atoms with Crippen molar-refractivity contribution in [3.8, 4) is 0 Å². The number of rotatable bonds is 7. The van der Waals surface area contributed by atoms with Gasteiger partial charge in [-0.15, -0.1) is 0 Å². The maximum Gasteiger partial charge on any atom is 0.246 e. The van der Waals surface area contributed by atoms with Crippen molar-refractivity contribution in [3.63, 3.8) is 0 Å². The molecule has 4 rings (SSSR count). The standard InChI is InChI=1S/C26H32F2N2O5S/c1-16-8-9-23(17-6-4-3-5-7-17)36(34,35)30(16)13-18-10-21(28)19(11-20(18)27)26(12-22(31)24(29)32)14-25(2,33)15-26/h3-7,10-11,16,22-23,31,33H,8-9,12-15H2,1-2H3,(H2,29,32)/t16-,22?,23+,25?,26?/m0/s1. The van der Waals surface area contributed by atoms with Gasteiger partial charge >= 0.3 is 0 Å². The van der Waals surface area contributed by atoms with Crippen molar-refractivity contribution >= 4 is 15.9 Å². The van der Waals surface area contributed by atoms with Gasteiger partial charge in [0.1, 0.15) is 23.0 Å². The second-order valence-corrected chi connectivity index (χ2v) is 12.7. The van der Waals surface area contributed by atoms with Gasteiger partial charge in [0.2, 0.25) is 15.9 Å². The molecule has 2 aromatic rings. The number of nitrogens with two attached hydrogens (primary N) is 1. The summed E-state index contributed by atoms with van der Waals surface area (Å²) < 4.78 is 59.0. The summed E-state index contributed by atoms with van der Waals surface area (Å²) in [6, 6.07) is 10.4. The van der Waals surface area contributed by atoms with Gasteiger partial charge in [0.25, 0.3) is 0 Å². The summed E-state index contributed by atoms with van der Waals surface area (Å²) in [5.41, 5.74) is 3.30. The number of sulfonamides is 1. The minimum Gasteiger partial charge on any atom is -0.390 e. The van der Waals surface area contributed by atoms with Crippen LogP contribution in [0.5, 0.6) is 0 Å². The van der Waals surface area contributed by atoms with Crippen molar-refractivity contribution in [2.45, 2.75) is 80.9 Å². The number of aliphatic hydroxyl groups is 2. The Hall–Kier alpha value is -2.40. The number of hydrogen-bond acceptors (Lipinski definition) is 5. The fraction of sp³-hybridized carbons (Fsp3) is 0.500. The predicted octanol–water partition coefficient (Wildman–Crippen LogP) is 3.04. The molecule has 1 amide bonds. The molecule has 10 heteroatoms. The third kappa shape index (κ3) is 4.91. The van der Waals surface area contributed by atoms with Crippen LogP contribution in [0.1, 0.15) is 67.9 Å². The van der Waals surface area contributed by atoms with E-state index in [9.17, 15) is 23.4 Å². The normalized spacial score (nSPS) is 30.9. The first kappa shape index (κ1) is 26.7. The Morgan fingerprint density at radius 1 is 1.17 bits per heavy atom. The van der Waals surface area contributed by atoms with Crippen molar-refractivity contribution in [1.29, 1.82) is 0 Å². The minimum absolute atomic E-state index is 0.0103. The molecule has 4 N–H and O–H groups in total. The molecule has 3 atom stereocenters. The van der Waals surface area contributed by atoms with Crippen LogP contribution in [-0.2, 0) is 26.8 Å². The summed E-state index contributed by atoms with van der Waals surface area (Å²) in [4.78, 5) is 11.4. The molecule has 1 saturated carbocycles. The number of hydrogen-bond donors (Lipinski definition) is 3. The highest BCUT2D eigenvalue weighted by Gasteiger charge is 2.54. The molecule has 7 nitrogen and oxygen atoms in total. The number of benzene rings is 2. The molecule has 0 aromatic heterocycles. The van der Waals surface area contributed by atoms with Gasteiger partial charge < -0.3 is 15.9 Å². The van der Waals surface area contributed by atoms with E-state index in [2.05, 4.69) is 0 Å². The predicted molar refractivity (Wildman–Crippen MR) is 130 cm³/mol. The van der Waals surface area contributed by atoms with Gasteiger partial charge in [-0.05, 0) is 69.2 Å². The second-order valence-electron chi connectivity index (χ2n) is 10.6. The molecule has 0 bridgehead atoms. The van der Waals surface area contributed by atoms with Crippen molar-refractivity contribution in [2.75, 3.05) is 0 Å². The van der Waals surface area contributed by atoms with Gasteiger partial charge in [-0.3, -0.25) is 4.79 Å². The van der Waals surface area contributed by atoms with E-state index in [0.29, 0.717) is 18.4 Å². The highest BCUT2D eigenvalue weighted by Crippen LogP contribution is 2.54. The molecule has 1 heterocycles. The lowest BCUT2D eigenvalue weighted by atomic mass is 9.54. The maximum absolute atomic E-state index is 15.4. The largest absolute Gasteiger partial charge is 0.390 e. The molecule has 36 heavy (non-hydrogen) atoms. The Kier molecular flexibility index (Phi) is 7.02. The monoisotopic (exact) mass is 522 g/mol. The Morgan fingerprint density at radius 2 is 1.81 bits per heavy atom. The highest BCUT2D eigenvalue weighted by atomic mass is 32.2. The first-order valence-corrected chi connectivity index (χ1v) is 13.5. The molecule has 1 unspecified atom stereocenters. The van der Waals surface area contributed by atoms with E-state index in [0.717, 1.165) is 12.1 Å². The van der Waals surface area contributed by atoms with Gasteiger partial charge in [0.05, 0.1) is 5.60 Å². The number of primary amides is 1. The van der Waals surface area contributed by atoms with E-state index in [1.165, 1.54) is 11.2 Å². The number of carbonyl (C=O) groups is 1. The lowest BCUT2D eigenvalue weighted by Gasteiger charge is -2.53. The van der Waals surface area contributed by atoms with E-state index in [4.69, 9.17) is 5.73 Å². The van der Waals surface area contributed by atoms with E-state index >= 15 is 8.78 Å². The third-order valence-corrected chi connectivity index (χ3v) is 9.95. The topological polar surface area (TPSA) is 121 Å². The molecule has 0 radical (unpaired) electrons. The summed E-state index contributed by atoms with van der Waals surface area (Å²) in [5, 5.41) is 19.6. The Balaban J connectivity index is 1.65. The first-order chi connectivity index (χ1) is 16.8. The van der Waals surface area contributed by atoms with Gasteiger partial charge in [0.15, 0.2) is 0 Å². The third-order valence-electron chi connectivity index (χ3n) is 7.58. The molecule has 196 valence electrons. The average molecular weight is 523 g/mol. The summed E-state index contributed by atoms with van der Waals surface area (Å²) in [6.07, 6.45) is -0.816. The Bertz CT molecular complexity index is 1240. The second kappa shape index (κ2) is 9.48. The summed E-state index contributed by atoms with van der Waals surface area (Å²) in [6.45, 7) is 2.96. The van der Waals surface area contributed by atoms with E-state index in [-0.39, 0.29) is 36.9 Å². The summed E-state index contributed by atoms with van der Waals surface area (Å²) in [7, 11) is -3.84. The zero-order valence-corrected chi connectivity index (χ0v) is 21.1. The van der Waals surface area contributed by atoms with Crippen LogP contribution in [-0.4, -0.2) is 46.6 Å². The first-order valence-electron chi connectivity index (χ1n) is 12.0. The van der Waals surface area contributed by atoms with Crippen molar-refractivity contribution in [3.05, 3.63) is 70.8 Å². The van der Waals surface area contributed by atoms with Crippen LogP contribution >= 0.6 is 0 Å². The molecule has 2 fully saturated rings. The number of carbonyl (C=O) groups excluding carboxylic acids is 1. The number of nitrogens with zero attached hydrogens (tertiary/aromatic N) is 1. The van der Waals surface area contributed by atoms with E-state index < -0.39 is 56.0 Å². The summed E-state index contributed by atoms with van der Waals surface area (Å²) >= 11 is 0. The fourth-order valence-corrected chi connectivity index (χ4v) is 8.14. The molecule has 1 aliphatic heterocycles. The quantitative estimate of drug-likeness (QED) is 0.516. The zero-order valence-electron chi connectivity index (χ0n) is 20.3. The van der Waals surface area contributed by atoms with Crippen LogP contribution in [0, 0.1) is 11.6 Å². The smallest absolute Gasteiger partial charge is 0.246 e. The van der Waals surface area contributed by atoms with Gasteiger partial charge in [-0.1, -0.05) is 30.3 Å². The summed E-state index contributed by atoms with van der Waals surface area (Å²) in [5.74, 6) is -2.58. The van der Waals surface area contributed by atoms with Crippen LogP contribution in [0.15, 0.2) is 42.5 Å². The molecular formula is C26H32F2N2O5S. The SMILES string of the molecule is C[C@H]1CC[C@H](c2ccccc2)S(=O)(=O)N1Cc1cc(F)c(C2(CC(O)C(N)=O)CC(C)(O)C2)cc1F. The lowest BCUT2D eigenvalue weighted by molar-refractivity contribution is -0.132. The minimum atomic E-state index is -3.84. The average Bonchev–Trinajstić information content (AvgIpc) is 2.77. The van der Waals surface area contributed by atoms with E-state index in [1.807, 2.05) is 0 Å². The van der Waals surface area contributed by atoms with Crippen LogP contribution in [0.4, 0.5) is 8.78 Å². The van der Waals surface area contributed by atoms with Crippen LogP contribution < -0.4 is 5.73 Å². The molecule has 0 spiro atoms. The molecule has 1 aliphatic carbocycles. The Labute approximate surface area is 210 Å². The maximum atomic E-state index is 15.4. The van der Waals surface area contributed by atoms with Crippen LogP contribution in [0.2, 0.25) is 0 Å². The van der Waals surface area contributed by atoms with Crippen LogP contribution in [0.3, 0.4) is 0 Å². The zero-order chi connectivity index (χ0) is 26.5. The Morgan fingerprint density at radius 3 is 2.39 bits per heavy atom. The van der Waals surface area contributed by atoms with Gasteiger partial charge in [-0.2, -0.15) is 4.31 Å². The number of halogens is 2. The number of aliphatic hydroxyl groups excluding tert-OH is 1. The molecule has 1 saturated heterocycles. The van der Waals surface area contributed by atoms with Gasteiger partial charge in [-0.25, -0.2) is 17.2 Å². The van der Waals surface area contributed by atoms with Crippen molar-refractivity contribution in [1.82, 2.24) is 4.31 Å². The van der Waals surface area contributed by atoms with Crippen LogP contribution in [0.25, 0.3) is 0 Å². The molecule has 2 aromatic carbocycles. The van der Waals surface area contributed by atoms with Crippen molar-refractivity contribution < 1.29 is 32.2 Å². The lowest BCUT2D eigenvalue weighted by Crippen LogP contribution is -2.55. The van der Waals surface area contributed by atoms with Gasteiger partial charge in [0, 0.05) is 23.6 Å². The van der Waals surface area contributed by atoms with E-state index in [1.54, 1.807) is 37.3 Å². The number of amides is 1. The molecular weight excluding hydrogens is 490 g/mol. The highest BCUT2D eigenvalue weighted by molar-refractivity contribution is 7.89.